The van der Waals surface area contributed by atoms with Crippen molar-refractivity contribution >= 4 is 22.2 Å². The first-order chi connectivity index (χ1) is 23.9. The molecule has 1 saturated heterocycles. The minimum Gasteiger partial charge on any atom is -0.380 e. The van der Waals surface area contributed by atoms with E-state index in [-0.39, 0.29) is 31.7 Å². The number of ether oxygens (including phenoxy) is 6. The van der Waals surface area contributed by atoms with Crippen LogP contribution in [0, 0.1) is 0 Å². The molecule has 0 radical (unpaired) electrons. The van der Waals surface area contributed by atoms with Crippen molar-refractivity contribution in [2.45, 2.75) is 102 Å². The molecule has 0 saturated carbocycles. The molecule has 0 spiro atoms. The molecule has 1 aliphatic rings. The Hall–Kier alpha value is -2.10. The quantitative estimate of drug-likeness (QED) is 0.0633. The molecule has 2 amide bonds. The van der Waals surface area contributed by atoms with Crippen LogP contribution in [0.1, 0.15) is 25.0 Å². The van der Waals surface area contributed by atoms with Gasteiger partial charge in [-0.05, 0) is 49.9 Å². The largest absolute Gasteiger partial charge is 0.380 e. The van der Waals surface area contributed by atoms with E-state index in [0.717, 1.165) is 23.2 Å². The van der Waals surface area contributed by atoms with E-state index in [0.29, 0.717) is 65.6 Å². The van der Waals surface area contributed by atoms with Crippen LogP contribution >= 0.6 is 0 Å². The molecule has 4 atom stereocenters. The zero-order valence-corrected chi connectivity index (χ0v) is 34.2. The molecular weight excluding hydrogens is 665 g/mol. The molecule has 0 N–H and O–H groups in total. The van der Waals surface area contributed by atoms with Gasteiger partial charge in [0.2, 0.25) is 0 Å². The van der Waals surface area contributed by atoms with E-state index in [4.69, 9.17) is 28.4 Å². The molecule has 1 fully saturated rings. The summed E-state index contributed by atoms with van der Waals surface area (Å²) in [5.74, 6) is 0. The molecule has 0 aromatic heterocycles. The zero-order valence-electron chi connectivity index (χ0n) is 32.2. The van der Waals surface area contributed by atoms with E-state index in [2.05, 4.69) is 63.5 Å². The number of amides is 2. The fraction of sp³-hybridized carbons (Fsp3) is 0.667. The van der Waals surface area contributed by atoms with Crippen molar-refractivity contribution in [1.82, 2.24) is 9.80 Å². The molecular formula is C39H66N2O7Si2. The number of carbonyl (C=O) groups is 1. The SMILES string of the molecule is CCOCCN1C(=O)N(CCOCC)[C@H](Cc2ccccc2)[C@H](OCOCC[Si](C)(C)C)[C@@H](OCOCC[Si](C)(C)C)[C@H]1Cc1ccccc1. The Kier molecular flexibility index (Phi) is 18.7. The molecule has 282 valence electrons. The number of benzene rings is 2. The molecule has 9 nitrogen and oxygen atoms in total. The van der Waals surface area contributed by atoms with Gasteiger partial charge in [-0.25, -0.2) is 4.79 Å². The fourth-order valence-corrected chi connectivity index (χ4v) is 7.60. The maximum absolute atomic E-state index is 15.0. The number of carbonyl (C=O) groups excluding carboxylic acids is 1. The fourth-order valence-electron chi connectivity index (χ4n) is 6.08. The molecule has 0 bridgehead atoms. The topological polar surface area (TPSA) is 78.9 Å². The molecule has 0 aliphatic carbocycles. The number of hydrogen-bond donors (Lipinski definition) is 0. The third-order valence-electron chi connectivity index (χ3n) is 8.99. The highest BCUT2D eigenvalue weighted by molar-refractivity contribution is 6.76. The average Bonchev–Trinajstić information content (AvgIpc) is 3.14. The second kappa shape index (κ2) is 22.1. The lowest BCUT2D eigenvalue weighted by atomic mass is 9.90. The summed E-state index contributed by atoms with van der Waals surface area (Å²) >= 11 is 0. The summed E-state index contributed by atoms with van der Waals surface area (Å²) in [4.78, 5) is 18.9. The summed E-state index contributed by atoms with van der Waals surface area (Å²) < 4.78 is 37.7. The smallest absolute Gasteiger partial charge is 0.320 e. The predicted octanol–water partition coefficient (Wildman–Crippen LogP) is 7.41. The average molecular weight is 731 g/mol. The van der Waals surface area contributed by atoms with Gasteiger partial charge in [-0.2, -0.15) is 0 Å². The normalized spacial score (nSPS) is 20.4. The maximum atomic E-state index is 15.0. The van der Waals surface area contributed by atoms with Crippen LogP contribution in [0.25, 0.3) is 0 Å². The van der Waals surface area contributed by atoms with Crippen LogP contribution in [0.5, 0.6) is 0 Å². The van der Waals surface area contributed by atoms with Crippen molar-refractivity contribution < 1.29 is 33.2 Å². The number of nitrogens with zero attached hydrogens (tertiary/aromatic N) is 2. The van der Waals surface area contributed by atoms with Crippen molar-refractivity contribution in [3.05, 3.63) is 71.8 Å². The van der Waals surface area contributed by atoms with Crippen LogP contribution in [0.4, 0.5) is 4.79 Å². The molecule has 1 aliphatic heterocycles. The van der Waals surface area contributed by atoms with E-state index >= 15 is 0 Å². The van der Waals surface area contributed by atoms with Gasteiger partial charge in [-0.3, -0.25) is 0 Å². The summed E-state index contributed by atoms with van der Waals surface area (Å²) in [7, 11) is -2.59. The Morgan fingerprint density at radius 2 is 0.940 bits per heavy atom. The van der Waals surface area contributed by atoms with Crippen LogP contribution < -0.4 is 0 Å². The highest BCUT2D eigenvalue weighted by Gasteiger charge is 2.49. The van der Waals surface area contributed by atoms with Gasteiger partial charge in [-0.15, -0.1) is 0 Å². The number of hydrogen-bond acceptors (Lipinski definition) is 7. The van der Waals surface area contributed by atoms with Crippen molar-refractivity contribution in [2.24, 2.45) is 0 Å². The van der Waals surface area contributed by atoms with Crippen molar-refractivity contribution in [3.8, 4) is 0 Å². The van der Waals surface area contributed by atoms with Gasteiger partial charge in [0.1, 0.15) is 25.8 Å². The van der Waals surface area contributed by atoms with Gasteiger partial charge in [0, 0.05) is 55.7 Å². The summed E-state index contributed by atoms with van der Waals surface area (Å²) in [5, 5.41) is 0. The van der Waals surface area contributed by atoms with Gasteiger partial charge < -0.3 is 38.2 Å². The Labute approximate surface area is 304 Å². The first kappa shape index (κ1) is 42.3. The predicted molar refractivity (Wildman–Crippen MR) is 207 cm³/mol. The van der Waals surface area contributed by atoms with Crippen LogP contribution in [0.3, 0.4) is 0 Å². The second-order valence-electron chi connectivity index (χ2n) is 15.5. The van der Waals surface area contributed by atoms with Crippen molar-refractivity contribution in [2.75, 3.05) is 66.3 Å². The lowest BCUT2D eigenvalue weighted by Gasteiger charge is -2.38. The van der Waals surface area contributed by atoms with Gasteiger partial charge in [0.25, 0.3) is 0 Å². The first-order valence-corrected chi connectivity index (χ1v) is 26.0. The van der Waals surface area contributed by atoms with Crippen molar-refractivity contribution in [1.29, 1.82) is 0 Å². The Balaban J connectivity index is 2.11. The zero-order chi connectivity index (χ0) is 36.4. The van der Waals surface area contributed by atoms with E-state index in [9.17, 15) is 4.79 Å². The second-order valence-corrected chi connectivity index (χ2v) is 26.8. The summed E-state index contributed by atoms with van der Waals surface area (Å²) in [6, 6.07) is 22.0. The highest BCUT2D eigenvalue weighted by atomic mass is 28.3. The monoisotopic (exact) mass is 730 g/mol. The molecule has 2 aromatic rings. The Morgan fingerprint density at radius 1 is 0.560 bits per heavy atom. The maximum Gasteiger partial charge on any atom is 0.320 e. The molecule has 11 heteroatoms. The van der Waals surface area contributed by atoms with Gasteiger partial charge in [0.15, 0.2) is 0 Å². The third kappa shape index (κ3) is 15.3. The Bertz CT molecular complexity index is 1100. The van der Waals surface area contributed by atoms with Crippen LogP contribution in [-0.2, 0) is 41.3 Å². The van der Waals surface area contributed by atoms with Gasteiger partial charge >= 0.3 is 6.03 Å². The molecule has 2 aromatic carbocycles. The highest BCUT2D eigenvalue weighted by Crippen LogP contribution is 2.31. The van der Waals surface area contributed by atoms with Crippen LogP contribution in [0.2, 0.25) is 51.4 Å². The minimum absolute atomic E-state index is 0.0646. The van der Waals surface area contributed by atoms with E-state index in [1.807, 2.05) is 60.0 Å². The van der Waals surface area contributed by atoms with Crippen molar-refractivity contribution in [3.63, 3.8) is 0 Å². The minimum atomic E-state index is -1.29. The van der Waals surface area contributed by atoms with E-state index < -0.39 is 28.4 Å². The summed E-state index contributed by atoms with van der Waals surface area (Å²) in [5.41, 5.74) is 2.24. The standard InChI is InChI=1S/C39H66N2O7Si2/c1-9-43-23-21-40-35(29-33-17-13-11-14-18-33)37(47-31-45-25-27-49(3,4)5)38(48-32-46-26-28-50(6,7)8)36(30-34-19-15-12-16-20-34)41(39(40)42)22-24-44-10-2/h11-20,35-38H,9-10,21-32H2,1-8H3/t35-,36-,37+,38+/m1/s1. The van der Waals surface area contributed by atoms with E-state index in [1.54, 1.807) is 0 Å². The summed E-state index contributed by atoms with van der Waals surface area (Å²) in [6.45, 7) is 22.3. The third-order valence-corrected chi connectivity index (χ3v) is 12.4. The molecule has 50 heavy (non-hydrogen) atoms. The first-order valence-electron chi connectivity index (χ1n) is 18.6. The van der Waals surface area contributed by atoms with E-state index in [1.165, 1.54) is 0 Å². The van der Waals surface area contributed by atoms with Gasteiger partial charge in [-0.1, -0.05) is 99.9 Å². The van der Waals surface area contributed by atoms with Crippen LogP contribution in [0.15, 0.2) is 60.7 Å². The lowest BCUT2D eigenvalue weighted by molar-refractivity contribution is -0.188. The summed E-state index contributed by atoms with van der Waals surface area (Å²) in [6.07, 6.45) is 0.149. The van der Waals surface area contributed by atoms with Gasteiger partial charge in [0.05, 0.1) is 25.3 Å². The lowest BCUT2D eigenvalue weighted by Crippen LogP contribution is -2.54. The molecule has 3 rings (SSSR count). The van der Waals surface area contributed by atoms with Crippen LogP contribution in [-0.4, -0.2) is 123 Å². The molecule has 1 heterocycles. The Morgan fingerprint density at radius 3 is 1.28 bits per heavy atom. The molecule has 0 unspecified atom stereocenters. The number of urea groups is 1. The number of rotatable bonds is 24.